The largest absolute Gasteiger partial charge is 0.494 e. The van der Waals surface area contributed by atoms with Gasteiger partial charge in [-0.15, -0.1) is 0 Å². The fourth-order valence-corrected chi connectivity index (χ4v) is 2.26. The highest BCUT2D eigenvalue weighted by Crippen LogP contribution is 2.34. The Balaban J connectivity index is 2.53. The van der Waals surface area contributed by atoms with Crippen molar-refractivity contribution >= 4 is 0 Å². The van der Waals surface area contributed by atoms with E-state index in [2.05, 4.69) is 0 Å². The van der Waals surface area contributed by atoms with Crippen molar-refractivity contribution in [2.75, 3.05) is 7.11 Å². The molecule has 4 heteroatoms. The van der Waals surface area contributed by atoms with E-state index >= 15 is 0 Å². The van der Waals surface area contributed by atoms with Crippen LogP contribution in [0.25, 0.3) is 0 Å². The lowest BCUT2D eigenvalue weighted by Crippen LogP contribution is -2.05. The first-order chi connectivity index (χ1) is 8.97. The number of aryl methyl sites for hydroxylation is 2. The number of methoxy groups -OCH3 is 1. The Bertz CT molecular complexity index is 602. The van der Waals surface area contributed by atoms with Crippen molar-refractivity contribution in [1.29, 1.82) is 0 Å². The van der Waals surface area contributed by atoms with Crippen LogP contribution in [0.4, 0.5) is 4.39 Å². The minimum atomic E-state index is -1.06. The van der Waals surface area contributed by atoms with E-state index in [0.29, 0.717) is 11.3 Å². The van der Waals surface area contributed by atoms with E-state index in [-0.39, 0.29) is 11.3 Å². The molecule has 1 N–H and O–H groups in total. The van der Waals surface area contributed by atoms with E-state index in [1.165, 1.54) is 13.2 Å². The van der Waals surface area contributed by atoms with Crippen molar-refractivity contribution in [3.8, 4) is 5.75 Å². The number of furan rings is 1. The number of aliphatic hydroxyl groups is 1. The topological polar surface area (TPSA) is 42.6 Å². The molecule has 0 radical (unpaired) electrons. The predicted molar refractivity (Wildman–Crippen MR) is 69.9 cm³/mol. The highest BCUT2D eigenvalue weighted by atomic mass is 19.1. The lowest BCUT2D eigenvalue weighted by Gasteiger charge is -2.14. The molecule has 0 aliphatic rings. The summed E-state index contributed by atoms with van der Waals surface area (Å²) >= 11 is 0. The molecule has 0 aliphatic heterocycles. The van der Waals surface area contributed by atoms with Crippen LogP contribution in [0.15, 0.2) is 22.6 Å². The average Bonchev–Trinajstić information content (AvgIpc) is 2.63. The maximum absolute atomic E-state index is 14.2. The van der Waals surface area contributed by atoms with Gasteiger partial charge in [0, 0.05) is 11.1 Å². The summed E-state index contributed by atoms with van der Waals surface area (Å²) in [5.41, 5.74) is 1.64. The van der Waals surface area contributed by atoms with Crippen molar-refractivity contribution in [1.82, 2.24) is 0 Å². The highest BCUT2D eigenvalue weighted by Gasteiger charge is 2.24. The summed E-state index contributed by atoms with van der Waals surface area (Å²) in [6.45, 7) is 5.43. The van der Waals surface area contributed by atoms with Crippen LogP contribution in [0, 0.1) is 26.6 Å². The number of halogens is 1. The molecule has 0 bridgehead atoms. The Morgan fingerprint density at radius 3 is 2.42 bits per heavy atom. The molecule has 1 unspecified atom stereocenters. The van der Waals surface area contributed by atoms with Crippen LogP contribution in [0.1, 0.15) is 34.3 Å². The van der Waals surface area contributed by atoms with Gasteiger partial charge in [0.2, 0.25) is 0 Å². The maximum Gasteiger partial charge on any atom is 0.171 e. The minimum absolute atomic E-state index is 0.118. The first-order valence-corrected chi connectivity index (χ1v) is 6.04. The Morgan fingerprint density at radius 1 is 1.21 bits per heavy atom. The molecule has 1 heterocycles. The third-order valence-corrected chi connectivity index (χ3v) is 3.40. The summed E-state index contributed by atoms with van der Waals surface area (Å²) in [7, 11) is 1.40. The van der Waals surface area contributed by atoms with Crippen LogP contribution in [0.2, 0.25) is 0 Å². The van der Waals surface area contributed by atoms with Crippen molar-refractivity contribution in [2.24, 2.45) is 0 Å². The quantitative estimate of drug-likeness (QED) is 0.923. The lowest BCUT2D eigenvalue weighted by molar-refractivity contribution is 0.210. The Kier molecular flexibility index (Phi) is 3.62. The molecule has 0 aliphatic carbocycles. The summed E-state index contributed by atoms with van der Waals surface area (Å²) in [4.78, 5) is 0. The summed E-state index contributed by atoms with van der Waals surface area (Å²) in [5, 5.41) is 10.4. The molecule has 1 atom stereocenters. The smallest absolute Gasteiger partial charge is 0.171 e. The van der Waals surface area contributed by atoms with Gasteiger partial charge in [0.05, 0.1) is 7.11 Å². The minimum Gasteiger partial charge on any atom is -0.494 e. The van der Waals surface area contributed by atoms with Gasteiger partial charge in [-0.05, 0) is 32.4 Å². The second-order valence-corrected chi connectivity index (χ2v) is 4.52. The first kappa shape index (κ1) is 13.6. The summed E-state index contributed by atoms with van der Waals surface area (Å²) < 4.78 is 24.6. The second kappa shape index (κ2) is 5.05. The Morgan fingerprint density at radius 2 is 1.89 bits per heavy atom. The van der Waals surface area contributed by atoms with Crippen LogP contribution in [-0.2, 0) is 0 Å². The van der Waals surface area contributed by atoms with E-state index in [9.17, 15) is 9.50 Å². The van der Waals surface area contributed by atoms with Gasteiger partial charge in [0.25, 0.3) is 0 Å². The van der Waals surface area contributed by atoms with Gasteiger partial charge in [-0.1, -0.05) is 12.1 Å². The van der Waals surface area contributed by atoms with Crippen LogP contribution in [0.3, 0.4) is 0 Å². The number of hydrogen-bond donors (Lipinski definition) is 1. The molecular formula is C15H17FO3. The standard InChI is InChI=1S/C15H17FO3/c1-8-9(2)19-10(3)13(8)15(17)11-6-5-7-12(18-4)14(11)16/h5-7,15,17H,1-4H3. The van der Waals surface area contributed by atoms with E-state index in [1.807, 2.05) is 13.8 Å². The predicted octanol–water partition coefficient (Wildman–Crippen LogP) is 3.43. The molecule has 0 saturated carbocycles. The molecule has 102 valence electrons. The van der Waals surface area contributed by atoms with Gasteiger partial charge in [-0.25, -0.2) is 4.39 Å². The summed E-state index contributed by atoms with van der Waals surface area (Å²) in [6, 6.07) is 4.72. The molecule has 0 fully saturated rings. The van der Waals surface area contributed by atoms with Crippen LogP contribution < -0.4 is 4.74 Å². The number of benzene rings is 1. The monoisotopic (exact) mass is 264 g/mol. The zero-order valence-corrected chi connectivity index (χ0v) is 11.5. The molecule has 0 spiro atoms. The number of hydrogen-bond acceptors (Lipinski definition) is 3. The Labute approximate surface area is 111 Å². The molecule has 0 saturated heterocycles. The zero-order valence-electron chi connectivity index (χ0n) is 11.5. The Hall–Kier alpha value is -1.81. The molecule has 2 aromatic rings. The van der Waals surface area contributed by atoms with Gasteiger partial charge in [-0.2, -0.15) is 0 Å². The summed E-state index contributed by atoms with van der Waals surface area (Å²) in [6.07, 6.45) is -1.06. The lowest BCUT2D eigenvalue weighted by atomic mass is 9.97. The fourth-order valence-electron chi connectivity index (χ4n) is 2.26. The van der Waals surface area contributed by atoms with Gasteiger partial charge in [-0.3, -0.25) is 0 Å². The van der Waals surface area contributed by atoms with Crippen molar-refractivity contribution in [2.45, 2.75) is 26.9 Å². The molecule has 1 aromatic heterocycles. The highest BCUT2D eigenvalue weighted by molar-refractivity contribution is 5.42. The third-order valence-electron chi connectivity index (χ3n) is 3.40. The van der Waals surface area contributed by atoms with E-state index in [4.69, 9.17) is 9.15 Å². The fraction of sp³-hybridized carbons (Fsp3) is 0.333. The first-order valence-electron chi connectivity index (χ1n) is 6.04. The normalized spacial score (nSPS) is 12.5. The molecule has 0 amide bonds. The number of aliphatic hydroxyl groups excluding tert-OH is 1. The van der Waals surface area contributed by atoms with Crippen molar-refractivity contribution in [3.63, 3.8) is 0 Å². The van der Waals surface area contributed by atoms with Gasteiger partial charge in [0.1, 0.15) is 17.6 Å². The molecule has 3 nitrogen and oxygen atoms in total. The van der Waals surface area contributed by atoms with Crippen LogP contribution in [0.5, 0.6) is 5.75 Å². The number of ether oxygens (including phenoxy) is 1. The van der Waals surface area contributed by atoms with Gasteiger partial charge < -0.3 is 14.3 Å². The number of rotatable bonds is 3. The SMILES string of the molecule is COc1cccc(C(O)c2c(C)oc(C)c2C)c1F. The average molecular weight is 264 g/mol. The van der Waals surface area contributed by atoms with Gasteiger partial charge >= 0.3 is 0 Å². The van der Waals surface area contributed by atoms with Crippen LogP contribution >= 0.6 is 0 Å². The third kappa shape index (κ3) is 2.24. The zero-order chi connectivity index (χ0) is 14.2. The van der Waals surface area contributed by atoms with E-state index in [1.54, 1.807) is 19.1 Å². The molecular weight excluding hydrogens is 247 g/mol. The molecule has 19 heavy (non-hydrogen) atoms. The maximum atomic E-state index is 14.2. The van der Waals surface area contributed by atoms with Gasteiger partial charge in [0.15, 0.2) is 11.6 Å². The summed E-state index contributed by atoms with van der Waals surface area (Å²) in [5.74, 6) is 0.904. The molecule has 1 aromatic carbocycles. The van der Waals surface area contributed by atoms with Crippen LogP contribution in [-0.4, -0.2) is 12.2 Å². The van der Waals surface area contributed by atoms with Crippen molar-refractivity contribution in [3.05, 3.63) is 52.2 Å². The van der Waals surface area contributed by atoms with E-state index < -0.39 is 11.9 Å². The van der Waals surface area contributed by atoms with Crippen molar-refractivity contribution < 1.29 is 18.7 Å². The molecule has 2 rings (SSSR count). The van der Waals surface area contributed by atoms with E-state index in [0.717, 1.165) is 11.3 Å². The second-order valence-electron chi connectivity index (χ2n) is 4.52.